The van der Waals surface area contributed by atoms with Gasteiger partial charge in [-0.15, -0.1) is 0 Å². The van der Waals surface area contributed by atoms with E-state index in [0.717, 1.165) is 12.1 Å². The second-order valence-electron chi connectivity index (χ2n) is 6.11. The molecule has 0 aliphatic heterocycles. The Kier molecular flexibility index (Phi) is 6.11. The number of nitriles is 1. The van der Waals surface area contributed by atoms with Crippen LogP contribution in [0.5, 0.6) is 11.6 Å². The zero-order chi connectivity index (χ0) is 22.0. The summed E-state index contributed by atoms with van der Waals surface area (Å²) in [4.78, 5) is 24.4. The van der Waals surface area contributed by atoms with Crippen LogP contribution in [-0.4, -0.2) is 15.6 Å². The Morgan fingerprint density at radius 2 is 1.93 bits per heavy atom. The first-order valence-corrected chi connectivity index (χ1v) is 9.36. The van der Waals surface area contributed by atoms with Gasteiger partial charge in [-0.25, -0.2) is 9.18 Å². The van der Waals surface area contributed by atoms with E-state index >= 15 is 0 Å². The van der Waals surface area contributed by atoms with E-state index in [1.54, 1.807) is 6.92 Å². The van der Waals surface area contributed by atoms with Gasteiger partial charge in [-0.05, 0) is 37.3 Å². The van der Waals surface area contributed by atoms with Crippen molar-refractivity contribution >= 4 is 29.2 Å². The van der Waals surface area contributed by atoms with Crippen molar-refractivity contribution in [3.63, 3.8) is 0 Å². The highest BCUT2D eigenvalue weighted by atomic mass is 35.5. The molecule has 0 aliphatic carbocycles. The number of hydrogen-bond donors (Lipinski definition) is 1. The zero-order valence-electron chi connectivity index (χ0n) is 15.4. The fraction of sp³-hybridized carbons (Fsp3) is 0.0952. The van der Waals surface area contributed by atoms with Gasteiger partial charge in [-0.3, -0.25) is 4.79 Å². The third-order valence-electron chi connectivity index (χ3n) is 4.27. The fourth-order valence-electron chi connectivity index (χ4n) is 2.94. The molecule has 0 saturated heterocycles. The number of aromatic nitrogens is 1. The summed E-state index contributed by atoms with van der Waals surface area (Å²) < 4.78 is 21.3. The van der Waals surface area contributed by atoms with Crippen LogP contribution >= 0.6 is 23.2 Å². The SMILES string of the molecule is CCn1c(Oc2ccc(C#N)cc2F)cc(=O)c(C(=O)O)c1-c1ccc(Cl)c(Cl)c1. The molecule has 1 N–H and O–H groups in total. The van der Waals surface area contributed by atoms with Gasteiger partial charge in [-0.1, -0.05) is 29.3 Å². The van der Waals surface area contributed by atoms with Gasteiger partial charge in [0.15, 0.2) is 11.6 Å². The quantitative estimate of drug-likeness (QED) is 0.570. The van der Waals surface area contributed by atoms with Gasteiger partial charge in [0.2, 0.25) is 11.3 Å². The van der Waals surface area contributed by atoms with Crippen LogP contribution in [0.2, 0.25) is 10.0 Å². The van der Waals surface area contributed by atoms with E-state index in [0.29, 0.717) is 5.56 Å². The van der Waals surface area contributed by atoms with Crippen LogP contribution in [0.4, 0.5) is 4.39 Å². The predicted molar refractivity (Wildman–Crippen MR) is 110 cm³/mol. The lowest BCUT2D eigenvalue weighted by Crippen LogP contribution is -2.21. The molecule has 3 aromatic rings. The summed E-state index contributed by atoms with van der Waals surface area (Å²) in [6, 6.07) is 10.8. The lowest BCUT2D eigenvalue weighted by atomic mass is 10.0. The summed E-state index contributed by atoms with van der Waals surface area (Å²) in [5.41, 5.74) is -0.836. The summed E-state index contributed by atoms with van der Waals surface area (Å²) in [5.74, 6) is -2.53. The van der Waals surface area contributed by atoms with Crippen molar-refractivity contribution in [3.8, 4) is 29.0 Å². The number of nitrogens with zero attached hydrogens (tertiary/aromatic N) is 2. The molecular weight excluding hydrogens is 434 g/mol. The zero-order valence-corrected chi connectivity index (χ0v) is 17.0. The maximum absolute atomic E-state index is 14.3. The van der Waals surface area contributed by atoms with Gasteiger partial charge in [0.05, 0.1) is 27.4 Å². The first-order valence-electron chi connectivity index (χ1n) is 8.60. The van der Waals surface area contributed by atoms with Crippen molar-refractivity contribution in [3.05, 3.63) is 79.7 Å². The lowest BCUT2D eigenvalue weighted by molar-refractivity contribution is 0.0695. The Labute approximate surface area is 180 Å². The number of carboxylic acid groups (broad SMARTS) is 1. The molecule has 9 heteroatoms. The number of rotatable bonds is 5. The highest BCUT2D eigenvalue weighted by Gasteiger charge is 2.23. The average molecular weight is 447 g/mol. The van der Waals surface area contributed by atoms with Gasteiger partial charge in [-0.2, -0.15) is 5.26 Å². The van der Waals surface area contributed by atoms with E-state index in [4.69, 9.17) is 33.2 Å². The number of benzene rings is 2. The highest BCUT2D eigenvalue weighted by molar-refractivity contribution is 6.42. The smallest absolute Gasteiger partial charge is 0.341 e. The molecule has 1 aromatic heterocycles. The Morgan fingerprint density at radius 3 is 2.50 bits per heavy atom. The molecule has 0 unspecified atom stereocenters. The van der Waals surface area contributed by atoms with E-state index < -0.39 is 22.8 Å². The molecule has 30 heavy (non-hydrogen) atoms. The summed E-state index contributed by atoms with van der Waals surface area (Å²) in [5, 5.41) is 18.9. The van der Waals surface area contributed by atoms with Crippen LogP contribution in [0, 0.1) is 17.1 Å². The van der Waals surface area contributed by atoms with Crippen molar-refractivity contribution in [2.24, 2.45) is 0 Å². The minimum absolute atomic E-state index is 0.0418. The number of carbonyl (C=O) groups is 1. The summed E-state index contributed by atoms with van der Waals surface area (Å²) in [6.07, 6.45) is 0. The molecule has 1 heterocycles. The fourth-order valence-corrected chi connectivity index (χ4v) is 3.24. The molecule has 0 radical (unpaired) electrons. The van der Waals surface area contributed by atoms with Crippen LogP contribution in [-0.2, 0) is 6.54 Å². The van der Waals surface area contributed by atoms with E-state index in [1.807, 2.05) is 6.07 Å². The molecule has 0 bridgehead atoms. The topological polar surface area (TPSA) is 92.3 Å². The first-order chi connectivity index (χ1) is 14.3. The van der Waals surface area contributed by atoms with Crippen molar-refractivity contribution in [1.29, 1.82) is 5.26 Å². The normalized spacial score (nSPS) is 10.5. The third kappa shape index (κ3) is 4.01. The van der Waals surface area contributed by atoms with Gasteiger partial charge >= 0.3 is 5.97 Å². The number of pyridine rings is 1. The minimum atomic E-state index is -1.43. The Balaban J connectivity index is 2.27. The van der Waals surface area contributed by atoms with Gasteiger partial charge in [0.1, 0.15) is 5.56 Å². The number of aromatic carboxylic acids is 1. The number of hydrogen-bond acceptors (Lipinski definition) is 4. The van der Waals surface area contributed by atoms with Gasteiger partial charge in [0, 0.05) is 18.2 Å². The Bertz CT molecular complexity index is 1270. The summed E-state index contributed by atoms with van der Waals surface area (Å²) in [7, 11) is 0. The van der Waals surface area contributed by atoms with Crippen LogP contribution in [0.3, 0.4) is 0 Å². The highest BCUT2D eigenvalue weighted by Crippen LogP contribution is 2.33. The molecule has 0 atom stereocenters. The summed E-state index contributed by atoms with van der Waals surface area (Å²) in [6.45, 7) is 1.91. The van der Waals surface area contributed by atoms with E-state index in [1.165, 1.54) is 34.9 Å². The number of ether oxygens (including phenoxy) is 1. The predicted octanol–water partition coefficient (Wildman–Crippen LogP) is 5.34. The average Bonchev–Trinajstić information content (AvgIpc) is 2.70. The van der Waals surface area contributed by atoms with E-state index in [2.05, 4.69) is 0 Å². The second-order valence-corrected chi connectivity index (χ2v) is 6.92. The van der Waals surface area contributed by atoms with Crippen molar-refractivity contribution in [2.45, 2.75) is 13.5 Å². The van der Waals surface area contributed by atoms with Crippen molar-refractivity contribution in [2.75, 3.05) is 0 Å². The Morgan fingerprint density at radius 1 is 1.20 bits per heavy atom. The molecule has 6 nitrogen and oxygen atoms in total. The minimum Gasteiger partial charge on any atom is -0.477 e. The second kappa shape index (κ2) is 8.57. The van der Waals surface area contributed by atoms with Crippen LogP contribution in [0.15, 0.2) is 47.3 Å². The number of carboxylic acids is 1. The third-order valence-corrected chi connectivity index (χ3v) is 5.01. The van der Waals surface area contributed by atoms with Crippen molar-refractivity contribution < 1.29 is 19.0 Å². The van der Waals surface area contributed by atoms with Crippen LogP contribution < -0.4 is 10.2 Å². The van der Waals surface area contributed by atoms with E-state index in [9.17, 15) is 19.1 Å². The molecule has 2 aromatic carbocycles. The van der Waals surface area contributed by atoms with Gasteiger partial charge in [0.25, 0.3) is 0 Å². The van der Waals surface area contributed by atoms with Crippen molar-refractivity contribution in [1.82, 2.24) is 4.57 Å². The van der Waals surface area contributed by atoms with E-state index in [-0.39, 0.29) is 39.5 Å². The maximum Gasteiger partial charge on any atom is 0.341 e. The Hall–Kier alpha value is -3.34. The standard InChI is InChI=1S/C21H13Cl2FN2O4/c1-2-26-18(30-17-6-3-11(10-25)7-15(17)24)9-16(27)19(21(28)29)20(26)12-4-5-13(22)14(23)8-12/h3-9H,2H2,1H3,(H,28,29). The monoisotopic (exact) mass is 446 g/mol. The molecule has 0 aliphatic rings. The molecule has 0 saturated carbocycles. The van der Waals surface area contributed by atoms with Crippen LogP contribution in [0.25, 0.3) is 11.3 Å². The molecule has 152 valence electrons. The lowest BCUT2D eigenvalue weighted by Gasteiger charge is -2.20. The molecule has 0 spiro atoms. The number of halogens is 3. The largest absolute Gasteiger partial charge is 0.477 e. The van der Waals surface area contributed by atoms with Gasteiger partial charge < -0.3 is 14.4 Å². The molecule has 0 fully saturated rings. The maximum atomic E-state index is 14.3. The molecular formula is C21H13Cl2FN2O4. The molecule has 0 amide bonds. The van der Waals surface area contributed by atoms with Crippen LogP contribution in [0.1, 0.15) is 22.8 Å². The summed E-state index contributed by atoms with van der Waals surface area (Å²) >= 11 is 12.0. The molecule has 3 rings (SSSR count). The first kappa shape index (κ1) is 21.4.